The van der Waals surface area contributed by atoms with E-state index in [1.807, 2.05) is 49.4 Å². The van der Waals surface area contributed by atoms with Gasteiger partial charge in [-0.15, -0.1) is 11.8 Å². The molecule has 28 heavy (non-hydrogen) atoms. The molecule has 2 heterocycles. The van der Waals surface area contributed by atoms with Crippen LogP contribution >= 0.6 is 11.8 Å². The van der Waals surface area contributed by atoms with Gasteiger partial charge in [0, 0.05) is 23.4 Å². The van der Waals surface area contributed by atoms with E-state index in [-0.39, 0.29) is 11.8 Å². The van der Waals surface area contributed by atoms with Gasteiger partial charge in [-0.2, -0.15) is 0 Å². The molecular weight excluding hydrogens is 376 g/mol. The van der Waals surface area contributed by atoms with Crippen molar-refractivity contribution < 1.29 is 19.1 Å². The number of nitrogens with one attached hydrogen (secondary N) is 1. The number of methoxy groups -OCH3 is 2. The second kappa shape index (κ2) is 7.05. The van der Waals surface area contributed by atoms with Crippen molar-refractivity contribution in [2.45, 2.75) is 24.4 Å². The van der Waals surface area contributed by atoms with E-state index in [1.165, 1.54) is 0 Å². The number of rotatable bonds is 5. The zero-order valence-corrected chi connectivity index (χ0v) is 16.8. The molecule has 146 valence electrons. The molecule has 0 spiro atoms. The van der Waals surface area contributed by atoms with Gasteiger partial charge in [-0.25, -0.2) is 0 Å². The topological polar surface area (TPSA) is 67.9 Å². The fourth-order valence-corrected chi connectivity index (χ4v) is 5.39. The van der Waals surface area contributed by atoms with Gasteiger partial charge in [-0.05, 0) is 30.7 Å². The molecule has 2 aliphatic rings. The first kappa shape index (κ1) is 18.7. The molecule has 2 amide bonds. The smallest absolute Gasteiger partial charge is 0.256 e. The van der Waals surface area contributed by atoms with E-state index in [0.29, 0.717) is 29.4 Å². The largest absolute Gasteiger partial charge is 0.493 e. The van der Waals surface area contributed by atoms with Crippen molar-refractivity contribution in [3.63, 3.8) is 0 Å². The number of nitrogens with zero attached hydrogens (tertiary/aromatic N) is 1. The highest BCUT2D eigenvalue weighted by atomic mass is 32.2. The molecule has 0 bridgehead atoms. The molecule has 4 rings (SSSR count). The van der Waals surface area contributed by atoms with Gasteiger partial charge in [0.25, 0.3) is 5.91 Å². The maximum absolute atomic E-state index is 12.9. The third-order valence-corrected chi connectivity index (χ3v) is 6.85. The monoisotopic (exact) mass is 398 g/mol. The Morgan fingerprint density at radius 2 is 1.96 bits per heavy atom. The summed E-state index contributed by atoms with van der Waals surface area (Å²) in [4.78, 5) is 27.1. The third-order valence-electron chi connectivity index (χ3n) is 5.39. The normalized spacial score (nSPS) is 22.6. The minimum Gasteiger partial charge on any atom is -0.493 e. The molecule has 2 aromatic carbocycles. The third kappa shape index (κ3) is 2.81. The lowest BCUT2D eigenvalue weighted by Crippen LogP contribution is -2.49. The van der Waals surface area contributed by atoms with E-state index < -0.39 is 10.9 Å². The van der Waals surface area contributed by atoms with E-state index in [2.05, 4.69) is 5.32 Å². The Morgan fingerprint density at radius 1 is 1.21 bits per heavy atom. The molecule has 2 atom stereocenters. The number of benzene rings is 2. The molecule has 0 aliphatic carbocycles. The Balaban J connectivity index is 1.49. The summed E-state index contributed by atoms with van der Waals surface area (Å²) in [7, 11) is 3.16. The van der Waals surface area contributed by atoms with E-state index >= 15 is 0 Å². The SMILES string of the molecule is COc1ccc(CNC(=O)C2CSC3(C)c4ccccc4C(=O)N23)cc1OC. The Hall–Kier alpha value is -2.67. The summed E-state index contributed by atoms with van der Waals surface area (Å²) in [6, 6.07) is 12.6. The number of fused-ring (bicyclic) bond motifs is 3. The number of thioether (sulfide) groups is 1. The van der Waals surface area contributed by atoms with E-state index in [1.54, 1.807) is 30.9 Å². The second-order valence-electron chi connectivity index (χ2n) is 6.94. The Labute approximate surface area is 168 Å². The van der Waals surface area contributed by atoms with Gasteiger partial charge in [-0.1, -0.05) is 24.3 Å². The van der Waals surface area contributed by atoms with Gasteiger partial charge in [-0.3, -0.25) is 9.59 Å². The average Bonchev–Trinajstić information content (AvgIpc) is 3.19. The average molecular weight is 398 g/mol. The molecule has 0 saturated carbocycles. The molecule has 1 N–H and O–H groups in total. The Morgan fingerprint density at radius 3 is 2.71 bits per heavy atom. The van der Waals surface area contributed by atoms with Crippen LogP contribution < -0.4 is 14.8 Å². The summed E-state index contributed by atoms with van der Waals surface area (Å²) < 4.78 is 10.5. The van der Waals surface area contributed by atoms with Crippen LogP contribution in [0.5, 0.6) is 11.5 Å². The highest BCUT2D eigenvalue weighted by molar-refractivity contribution is 8.00. The first-order chi connectivity index (χ1) is 13.5. The van der Waals surface area contributed by atoms with Crippen molar-refractivity contribution in [1.29, 1.82) is 0 Å². The molecular formula is C21H22N2O4S. The number of ether oxygens (including phenoxy) is 2. The fourth-order valence-electron chi connectivity index (χ4n) is 3.92. The van der Waals surface area contributed by atoms with Gasteiger partial charge in [0.05, 0.1) is 14.2 Å². The van der Waals surface area contributed by atoms with Crippen molar-refractivity contribution in [3.05, 3.63) is 59.2 Å². The number of carbonyl (C=O) groups excluding carboxylic acids is 2. The molecule has 2 aromatic rings. The first-order valence-electron chi connectivity index (χ1n) is 9.05. The Kier molecular flexibility index (Phi) is 4.71. The lowest BCUT2D eigenvalue weighted by atomic mass is 10.1. The van der Waals surface area contributed by atoms with E-state index in [4.69, 9.17) is 9.47 Å². The van der Waals surface area contributed by atoms with Crippen molar-refractivity contribution in [2.75, 3.05) is 20.0 Å². The Bertz CT molecular complexity index is 948. The molecule has 1 fully saturated rings. The van der Waals surface area contributed by atoms with Gasteiger partial charge in [0.15, 0.2) is 11.5 Å². The molecule has 2 unspecified atom stereocenters. The minimum absolute atomic E-state index is 0.0747. The van der Waals surface area contributed by atoms with Crippen molar-refractivity contribution in [2.24, 2.45) is 0 Å². The molecule has 2 aliphatic heterocycles. The van der Waals surface area contributed by atoms with Crippen molar-refractivity contribution >= 4 is 23.6 Å². The molecule has 6 nitrogen and oxygen atoms in total. The van der Waals surface area contributed by atoms with Crippen LogP contribution in [-0.4, -0.2) is 42.7 Å². The zero-order chi connectivity index (χ0) is 19.9. The van der Waals surface area contributed by atoms with Gasteiger partial charge in [0.1, 0.15) is 10.9 Å². The lowest BCUT2D eigenvalue weighted by Gasteiger charge is -2.30. The summed E-state index contributed by atoms with van der Waals surface area (Å²) in [5.41, 5.74) is 2.57. The van der Waals surface area contributed by atoms with Crippen molar-refractivity contribution in [1.82, 2.24) is 10.2 Å². The summed E-state index contributed by atoms with van der Waals surface area (Å²) in [5, 5.41) is 2.96. The first-order valence-corrected chi connectivity index (χ1v) is 10.0. The summed E-state index contributed by atoms with van der Waals surface area (Å²) in [6.45, 7) is 2.37. The minimum atomic E-state index is -0.491. The quantitative estimate of drug-likeness (QED) is 0.839. The highest BCUT2D eigenvalue weighted by Gasteiger charge is 2.55. The molecule has 7 heteroatoms. The number of carbonyl (C=O) groups is 2. The van der Waals surface area contributed by atoms with Crippen LogP contribution in [-0.2, 0) is 16.2 Å². The zero-order valence-electron chi connectivity index (χ0n) is 16.0. The van der Waals surface area contributed by atoms with E-state index in [9.17, 15) is 9.59 Å². The van der Waals surface area contributed by atoms with Crippen LogP contribution in [0.1, 0.15) is 28.4 Å². The summed E-state index contributed by atoms with van der Waals surface area (Å²) in [5.74, 6) is 1.61. The van der Waals surface area contributed by atoms with Crippen LogP contribution in [0.15, 0.2) is 42.5 Å². The van der Waals surface area contributed by atoms with Crippen LogP contribution in [0.25, 0.3) is 0 Å². The van der Waals surface area contributed by atoms with Crippen LogP contribution in [0, 0.1) is 0 Å². The second-order valence-corrected chi connectivity index (χ2v) is 8.35. The predicted octanol–water partition coefficient (Wildman–Crippen LogP) is 2.76. The van der Waals surface area contributed by atoms with E-state index in [0.717, 1.165) is 11.1 Å². The van der Waals surface area contributed by atoms with Gasteiger partial charge in [0.2, 0.25) is 5.91 Å². The highest BCUT2D eigenvalue weighted by Crippen LogP contribution is 2.53. The predicted molar refractivity (Wildman–Crippen MR) is 108 cm³/mol. The molecule has 0 aromatic heterocycles. The molecule has 0 radical (unpaired) electrons. The van der Waals surface area contributed by atoms with Crippen LogP contribution in [0.3, 0.4) is 0 Å². The molecule has 1 saturated heterocycles. The number of hydrogen-bond acceptors (Lipinski definition) is 5. The summed E-state index contributed by atoms with van der Waals surface area (Å²) >= 11 is 1.64. The van der Waals surface area contributed by atoms with Crippen LogP contribution in [0.2, 0.25) is 0 Å². The summed E-state index contributed by atoms with van der Waals surface area (Å²) in [6.07, 6.45) is 0. The van der Waals surface area contributed by atoms with Gasteiger partial charge < -0.3 is 19.7 Å². The standard InChI is InChI=1S/C21H22N2O4S/c1-21-15-7-5-4-6-14(15)20(25)23(21)16(12-28-21)19(24)22-11-13-8-9-17(26-2)18(10-13)27-3/h4-10,16H,11-12H2,1-3H3,(H,22,24). The maximum atomic E-state index is 12.9. The lowest BCUT2D eigenvalue weighted by molar-refractivity contribution is -0.125. The fraction of sp³-hybridized carbons (Fsp3) is 0.333. The number of amides is 2. The number of hydrogen-bond donors (Lipinski definition) is 1. The van der Waals surface area contributed by atoms with Crippen molar-refractivity contribution in [3.8, 4) is 11.5 Å². The van der Waals surface area contributed by atoms with Gasteiger partial charge >= 0.3 is 0 Å². The van der Waals surface area contributed by atoms with Crippen LogP contribution in [0.4, 0.5) is 0 Å². The maximum Gasteiger partial charge on any atom is 0.256 e.